The monoisotopic (exact) mass is 310 g/mol. The van der Waals surface area contributed by atoms with Crippen molar-refractivity contribution in [3.05, 3.63) is 52.4 Å². The molecule has 19 heavy (non-hydrogen) atoms. The molecule has 4 nitrogen and oxygen atoms in total. The predicted octanol–water partition coefficient (Wildman–Crippen LogP) is 3.72. The van der Waals surface area contributed by atoms with Crippen molar-refractivity contribution in [2.24, 2.45) is 0 Å². The third kappa shape index (κ3) is 2.83. The van der Waals surface area contributed by atoms with Gasteiger partial charge in [-0.15, -0.1) is 5.10 Å². The van der Waals surface area contributed by atoms with E-state index >= 15 is 0 Å². The summed E-state index contributed by atoms with van der Waals surface area (Å²) in [6.07, 6.45) is 0. The number of hydrogen-bond donors (Lipinski definition) is 0. The first-order valence-corrected chi connectivity index (χ1v) is 7.22. The molecule has 0 unspecified atom stereocenters. The number of rotatable bonds is 3. The molecule has 2 heterocycles. The van der Waals surface area contributed by atoms with Crippen molar-refractivity contribution in [1.82, 2.24) is 19.6 Å². The van der Waals surface area contributed by atoms with E-state index in [4.69, 9.17) is 23.2 Å². The minimum absolute atomic E-state index is 0.210. The normalized spacial score (nSPS) is 11.1. The van der Waals surface area contributed by atoms with Crippen molar-refractivity contribution in [3.8, 4) is 0 Å². The van der Waals surface area contributed by atoms with Crippen LogP contribution in [0.15, 0.2) is 41.6 Å². The van der Waals surface area contributed by atoms with E-state index in [0.717, 1.165) is 5.75 Å². The minimum atomic E-state index is 0.210. The minimum Gasteiger partial charge on any atom is -0.206 e. The van der Waals surface area contributed by atoms with E-state index in [1.165, 1.54) is 10.1 Å². The van der Waals surface area contributed by atoms with Gasteiger partial charge in [0.05, 0.1) is 0 Å². The Hall–Kier alpha value is -1.30. The summed E-state index contributed by atoms with van der Waals surface area (Å²) in [7, 11) is 0. The molecule has 0 aliphatic carbocycles. The molecule has 1 aromatic carbocycles. The van der Waals surface area contributed by atoms with Crippen LogP contribution in [0.3, 0.4) is 0 Å². The zero-order valence-electron chi connectivity index (χ0n) is 9.62. The Bertz CT molecular complexity index is 714. The molecule has 3 aromatic rings. The van der Waals surface area contributed by atoms with E-state index in [2.05, 4.69) is 27.2 Å². The summed E-state index contributed by atoms with van der Waals surface area (Å²) in [5, 5.41) is 5.45. The molecule has 0 amide bonds. The van der Waals surface area contributed by atoms with Gasteiger partial charge in [0.2, 0.25) is 10.4 Å². The van der Waals surface area contributed by atoms with Crippen LogP contribution in [0.25, 0.3) is 5.65 Å². The highest BCUT2D eigenvalue weighted by Gasteiger charge is 2.09. The summed E-state index contributed by atoms with van der Waals surface area (Å²) in [5.74, 6) is 0.802. The molecule has 0 atom stereocenters. The Kier molecular flexibility index (Phi) is 3.59. The fraction of sp³-hybridized carbons (Fsp3) is 0.0833. The molecule has 0 N–H and O–H groups in total. The number of fused-ring (bicyclic) bond motifs is 1. The van der Waals surface area contributed by atoms with Gasteiger partial charge in [-0.05, 0) is 17.2 Å². The van der Waals surface area contributed by atoms with Gasteiger partial charge >= 0.3 is 0 Å². The molecule has 7 heteroatoms. The molecule has 96 valence electrons. The number of thioether (sulfide) groups is 1. The van der Waals surface area contributed by atoms with E-state index < -0.39 is 0 Å². The van der Waals surface area contributed by atoms with Crippen LogP contribution >= 0.6 is 35.0 Å². The molecule has 0 saturated heterocycles. The van der Waals surface area contributed by atoms with Crippen LogP contribution in [0, 0.1) is 0 Å². The maximum Gasteiger partial charge on any atom is 0.227 e. The molecule has 0 aliphatic rings. The Labute approximate surface area is 123 Å². The third-order valence-electron chi connectivity index (χ3n) is 2.45. The lowest BCUT2D eigenvalue weighted by Crippen LogP contribution is -1.92. The first-order chi connectivity index (χ1) is 9.22. The lowest BCUT2D eigenvalue weighted by molar-refractivity contribution is 0.865. The van der Waals surface area contributed by atoms with E-state index in [-0.39, 0.29) is 5.28 Å². The Morgan fingerprint density at radius 2 is 1.89 bits per heavy atom. The van der Waals surface area contributed by atoms with Crippen molar-refractivity contribution in [2.75, 3.05) is 0 Å². The van der Waals surface area contributed by atoms with E-state index in [0.29, 0.717) is 16.0 Å². The van der Waals surface area contributed by atoms with Crippen LogP contribution in [-0.4, -0.2) is 19.6 Å². The van der Waals surface area contributed by atoms with Gasteiger partial charge in [-0.25, -0.2) is 9.97 Å². The molecular weight excluding hydrogens is 303 g/mol. The highest BCUT2D eigenvalue weighted by Crippen LogP contribution is 2.22. The number of aromatic nitrogens is 4. The van der Waals surface area contributed by atoms with Gasteiger partial charge in [-0.3, -0.25) is 0 Å². The summed E-state index contributed by atoms with van der Waals surface area (Å²) in [5.41, 5.74) is 1.81. The van der Waals surface area contributed by atoms with Gasteiger partial charge in [0, 0.05) is 11.8 Å². The molecule has 0 spiro atoms. The van der Waals surface area contributed by atoms with Crippen LogP contribution in [0.2, 0.25) is 10.4 Å². The highest BCUT2D eigenvalue weighted by atomic mass is 35.5. The van der Waals surface area contributed by atoms with Gasteiger partial charge in [0.1, 0.15) is 5.15 Å². The number of benzene rings is 1. The number of halogens is 2. The number of nitrogens with zero attached hydrogens (tertiary/aromatic N) is 4. The smallest absolute Gasteiger partial charge is 0.206 e. The lowest BCUT2D eigenvalue weighted by Gasteiger charge is -1.96. The summed E-state index contributed by atoms with van der Waals surface area (Å²) in [6.45, 7) is 0. The van der Waals surface area contributed by atoms with E-state index in [1.807, 2.05) is 18.2 Å². The second-order valence-corrected chi connectivity index (χ2v) is 5.45. The second-order valence-electron chi connectivity index (χ2n) is 3.79. The fourth-order valence-electron chi connectivity index (χ4n) is 1.59. The quantitative estimate of drug-likeness (QED) is 0.420. The molecule has 2 aromatic heterocycles. The summed E-state index contributed by atoms with van der Waals surface area (Å²) >= 11 is 13.3. The van der Waals surface area contributed by atoms with Gasteiger partial charge in [0.15, 0.2) is 5.65 Å². The van der Waals surface area contributed by atoms with Crippen LogP contribution in [-0.2, 0) is 5.75 Å². The van der Waals surface area contributed by atoms with Crippen LogP contribution in [0.4, 0.5) is 0 Å². The third-order valence-corrected chi connectivity index (χ3v) is 3.79. The molecule has 0 fully saturated rings. The lowest BCUT2D eigenvalue weighted by atomic mass is 10.2. The molecule has 0 aliphatic heterocycles. The van der Waals surface area contributed by atoms with Gasteiger partial charge in [-0.2, -0.15) is 4.52 Å². The molecule has 0 radical (unpaired) electrons. The standard InChI is InChI=1S/C12H8Cl2N4S/c13-9-6-10-16-12(17-18(10)11(14)15-9)19-7-8-4-2-1-3-5-8/h1-6H,7H2. The maximum atomic E-state index is 5.95. The van der Waals surface area contributed by atoms with Gasteiger partial charge in [0.25, 0.3) is 0 Å². The molecule has 0 bridgehead atoms. The summed E-state index contributed by atoms with van der Waals surface area (Å²) in [6, 6.07) is 11.8. The first kappa shape index (κ1) is 12.7. The average molecular weight is 311 g/mol. The number of hydrogen-bond acceptors (Lipinski definition) is 4. The zero-order chi connectivity index (χ0) is 13.2. The summed E-state index contributed by atoms with van der Waals surface area (Å²) in [4.78, 5) is 8.27. The van der Waals surface area contributed by atoms with Crippen LogP contribution in [0.5, 0.6) is 0 Å². The molecule has 0 saturated carbocycles. The Balaban J connectivity index is 1.84. The van der Waals surface area contributed by atoms with Crippen molar-refractivity contribution >= 4 is 40.6 Å². The fourth-order valence-corrected chi connectivity index (χ4v) is 2.81. The molecular formula is C12H8Cl2N4S. The second kappa shape index (κ2) is 5.36. The van der Waals surface area contributed by atoms with Crippen molar-refractivity contribution in [2.45, 2.75) is 10.9 Å². The van der Waals surface area contributed by atoms with E-state index in [1.54, 1.807) is 17.8 Å². The summed E-state index contributed by atoms with van der Waals surface area (Å²) < 4.78 is 1.47. The largest absolute Gasteiger partial charge is 0.227 e. The highest BCUT2D eigenvalue weighted by molar-refractivity contribution is 7.98. The maximum absolute atomic E-state index is 5.95. The van der Waals surface area contributed by atoms with Crippen LogP contribution in [0.1, 0.15) is 5.56 Å². The topological polar surface area (TPSA) is 43.1 Å². The Morgan fingerprint density at radius 1 is 1.11 bits per heavy atom. The van der Waals surface area contributed by atoms with Gasteiger partial charge in [-0.1, -0.05) is 53.7 Å². The van der Waals surface area contributed by atoms with Crippen molar-refractivity contribution in [3.63, 3.8) is 0 Å². The average Bonchev–Trinajstić information content (AvgIpc) is 2.81. The zero-order valence-corrected chi connectivity index (χ0v) is 12.0. The Morgan fingerprint density at radius 3 is 2.68 bits per heavy atom. The van der Waals surface area contributed by atoms with E-state index in [9.17, 15) is 0 Å². The van der Waals surface area contributed by atoms with Crippen molar-refractivity contribution in [1.29, 1.82) is 0 Å². The predicted molar refractivity (Wildman–Crippen MR) is 76.8 cm³/mol. The molecule has 3 rings (SSSR count). The van der Waals surface area contributed by atoms with Crippen LogP contribution < -0.4 is 0 Å². The first-order valence-electron chi connectivity index (χ1n) is 5.48. The van der Waals surface area contributed by atoms with Crippen molar-refractivity contribution < 1.29 is 0 Å². The van der Waals surface area contributed by atoms with Gasteiger partial charge < -0.3 is 0 Å². The SMILES string of the molecule is Clc1cc2nc(SCc3ccccc3)nn2c(Cl)n1.